The predicted octanol–water partition coefficient (Wildman–Crippen LogP) is 4.94. The number of urea groups is 1. The van der Waals surface area contributed by atoms with Crippen LogP contribution in [0.15, 0.2) is 48.5 Å². The van der Waals surface area contributed by atoms with Crippen LogP contribution in [0, 0.1) is 12.8 Å². The quantitative estimate of drug-likeness (QED) is 0.820. The van der Waals surface area contributed by atoms with Gasteiger partial charge in [-0.1, -0.05) is 48.0 Å². The van der Waals surface area contributed by atoms with E-state index in [0.29, 0.717) is 12.5 Å². The van der Waals surface area contributed by atoms with Gasteiger partial charge in [0.1, 0.15) is 0 Å². The van der Waals surface area contributed by atoms with E-state index < -0.39 is 0 Å². The number of benzene rings is 2. The number of nitrogens with zero attached hydrogens (tertiary/aromatic N) is 1. The zero-order valence-electron chi connectivity index (χ0n) is 14.1. The van der Waals surface area contributed by atoms with Gasteiger partial charge in [-0.25, -0.2) is 4.79 Å². The summed E-state index contributed by atoms with van der Waals surface area (Å²) in [5.41, 5.74) is 3.50. The van der Waals surface area contributed by atoms with Crippen molar-refractivity contribution in [2.75, 3.05) is 7.05 Å². The van der Waals surface area contributed by atoms with Gasteiger partial charge in [0, 0.05) is 18.6 Å². The van der Waals surface area contributed by atoms with E-state index in [9.17, 15) is 4.79 Å². The maximum Gasteiger partial charge on any atom is 0.317 e. The van der Waals surface area contributed by atoms with E-state index in [2.05, 4.69) is 24.4 Å². The molecule has 1 atom stereocenters. The summed E-state index contributed by atoms with van der Waals surface area (Å²) in [7, 11) is 1.84. The smallest absolute Gasteiger partial charge is 0.317 e. The number of hydrogen-bond donors (Lipinski definition) is 1. The number of aryl methyl sites for hydroxylation is 1. The average Bonchev–Trinajstić information content (AvgIpc) is 3.40. The van der Waals surface area contributed by atoms with Crippen molar-refractivity contribution in [3.8, 4) is 0 Å². The standard InChI is InChI=1S/C20H23ClN2O/c1-14-5-3-4-6-17(14)13-23(2)20(24)22-19(15-7-8-15)16-9-11-18(21)12-10-16/h3-6,9-12,15,19H,7-8,13H2,1-2H3,(H,22,24)/t19-/m0/s1. The summed E-state index contributed by atoms with van der Waals surface area (Å²) in [5, 5.41) is 3.92. The van der Waals surface area contributed by atoms with Crippen molar-refractivity contribution < 1.29 is 4.79 Å². The molecule has 0 radical (unpaired) electrons. The van der Waals surface area contributed by atoms with Gasteiger partial charge in [-0.3, -0.25) is 0 Å². The Balaban J connectivity index is 1.67. The average molecular weight is 343 g/mol. The van der Waals surface area contributed by atoms with E-state index in [1.165, 1.54) is 11.1 Å². The van der Waals surface area contributed by atoms with E-state index >= 15 is 0 Å². The topological polar surface area (TPSA) is 32.3 Å². The number of carbonyl (C=O) groups is 1. The van der Waals surface area contributed by atoms with Crippen molar-refractivity contribution in [2.24, 2.45) is 5.92 Å². The minimum Gasteiger partial charge on any atom is -0.331 e. The van der Waals surface area contributed by atoms with Crippen LogP contribution in [0.1, 0.15) is 35.6 Å². The number of nitrogens with one attached hydrogen (secondary N) is 1. The molecule has 0 heterocycles. The highest BCUT2D eigenvalue weighted by molar-refractivity contribution is 6.30. The van der Waals surface area contributed by atoms with E-state index in [-0.39, 0.29) is 12.1 Å². The minimum atomic E-state index is -0.0369. The summed E-state index contributed by atoms with van der Waals surface area (Å²) >= 11 is 5.98. The third kappa shape index (κ3) is 4.09. The van der Waals surface area contributed by atoms with Gasteiger partial charge >= 0.3 is 6.03 Å². The van der Waals surface area contributed by atoms with E-state index in [0.717, 1.165) is 23.4 Å². The van der Waals surface area contributed by atoms with Gasteiger partial charge in [0.25, 0.3) is 0 Å². The van der Waals surface area contributed by atoms with Crippen molar-refractivity contribution >= 4 is 17.6 Å². The Morgan fingerprint density at radius 1 is 1.21 bits per heavy atom. The molecular weight excluding hydrogens is 320 g/mol. The van der Waals surface area contributed by atoms with Gasteiger partial charge in [0.2, 0.25) is 0 Å². The summed E-state index contributed by atoms with van der Waals surface area (Å²) < 4.78 is 0. The molecule has 1 saturated carbocycles. The van der Waals surface area contributed by atoms with E-state index in [4.69, 9.17) is 11.6 Å². The van der Waals surface area contributed by atoms with Crippen LogP contribution in [0.2, 0.25) is 5.02 Å². The van der Waals surface area contributed by atoms with Gasteiger partial charge in [-0.15, -0.1) is 0 Å². The van der Waals surface area contributed by atoms with Crippen molar-refractivity contribution in [2.45, 2.75) is 32.4 Å². The Morgan fingerprint density at radius 3 is 2.50 bits per heavy atom. The SMILES string of the molecule is Cc1ccccc1CN(C)C(=O)N[C@H](c1ccc(Cl)cc1)C1CC1. The molecule has 0 aliphatic heterocycles. The summed E-state index contributed by atoms with van der Waals surface area (Å²) in [6.07, 6.45) is 2.32. The first-order valence-corrected chi connectivity index (χ1v) is 8.74. The highest BCUT2D eigenvalue weighted by Crippen LogP contribution is 2.41. The molecule has 0 saturated heterocycles. The van der Waals surface area contributed by atoms with Crippen LogP contribution in [0.3, 0.4) is 0 Å². The molecule has 1 fully saturated rings. The number of carbonyl (C=O) groups excluding carboxylic acids is 1. The number of halogens is 1. The molecule has 0 bridgehead atoms. The number of rotatable bonds is 5. The molecule has 2 aromatic carbocycles. The lowest BCUT2D eigenvalue weighted by Gasteiger charge is -2.24. The maximum atomic E-state index is 12.6. The fraction of sp³-hybridized carbons (Fsp3) is 0.350. The third-order valence-electron chi connectivity index (χ3n) is 4.62. The monoisotopic (exact) mass is 342 g/mol. The lowest BCUT2D eigenvalue weighted by Crippen LogP contribution is -2.39. The second-order valence-corrected chi connectivity index (χ2v) is 7.04. The van der Waals surface area contributed by atoms with Crippen molar-refractivity contribution in [3.63, 3.8) is 0 Å². The van der Waals surface area contributed by atoms with Crippen molar-refractivity contribution in [1.82, 2.24) is 10.2 Å². The predicted molar refractivity (Wildman–Crippen MR) is 98.1 cm³/mol. The highest BCUT2D eigenvalue weighted by atomic mass is 35.5. The summed E-state index contributed by atoms with van der Waals surface area (Å²) in [5.74, 6) is 0.530. The van der Waals surface area contributed by atoms with Crippen LogP contribution in [-0.4, -0.2) is 18.0 Å². The van der Waals surface area contributed by atoms with Gasteiger partial charge in [-0.2, -0.15) is 0 Å². The van der Waals surface area contributed by atoms with Crippen LogP contribution in [0.4, 0.5) is 4.79 Å². The first-order valence-electron chi connectivity index (χ1n) is 8.36. The summed E-state index contributed by atoms with van der Waals surface area (Å²) in [6, 6.07) is 16.0. The largest absolute Gasteiger partial charge is 0.331 e. The van der Waals surface area contributed by atoms with Crippen LogP contribution in [0.5, 0.6) is 0 Å². The van der Waals surface area contributed by atoms with Crippen LogP contribution in [-0.2, 0) is 6.54 Å². The molecule has 2 amide bonds. The van der Waals surface area contributed by atoms with Gasteiger partial charge in [-0.05, 0) is 54.5 Å². The molecule has 4 heteroatoms. The normalized spacial score (nSPS) is 15.0. The second-order valence-electron chi connectivity index (χ2n) is 6.60. The number of hydrogen-bond acceptors (Lipinski definition) is 1. The summed E-state index contributed by atoms with van der Waals surface area (Å²) in [6.45, 7) is 2.68. The molecule has 3 rings (SSSR count). The molecule has 2 aromatic rings. The Bertz CT molecular complexity index is 710. The fourth-order valence-corrected chi connectivity index (χ4v) is 3.06. The molecule has 1 N–H and O–H groups in total. The van der Waals surface area contributed by atoms with E-state index in [1.807, 2.05) is 43.4 Å². The first kappa shape index (κ1) is 16.8. The van der Waals surface area contributed by atoms with Gasteiger partial charge < -0.3 is 10.2 Å². The van der Waals surface area contributed by atoms with Crippen molar-refractivity contribution in [1.29, 1.82) is 0 Å². The highest BCUT2D eigenvalue weighted by Gasteiger charge is 2.34. The lowest BCUT2D eigenvalue weighted by molar-refractivity contribution is 0.201. The minimum absolute atomic E-state index is 0.0369. The molecule has 1 aliphatic carbocycles. The zero-order chi connectivity index (χ0) is 17.1. The summed E-state index contributed by atoms with van der Waals surface area (Å²) in [4.78, 5) is 14.4. The van der Waals surface area contributed by atoms with Crippen molar-refractivity contribution in [3.05, 3.63) is 70.2 Å². The maximum absolute atomic E-state index is 12.6. The van der Waals surface area contributed by atoms with Gasteiger partial charge in [0.05, 0.1) is 6.04 Å². The molecule has 0 unspecified atom stereocenters. The van der Waals surface area contributed by atoms with Crippen LogP contribution < -0.4 is 5.32 Å². The molecule has 126 valence electrons. The van der Waals surface area contributed by atoms with E-state index in [1.54, 1.807) is 4.90 Å². The molecular formula is C20H23ClN2O. The zero-order valence-corrected chi connectivity index (χ0v) is 14.9. The third-order valence-corrected chi connectivity index (χ3v) is 4.87. The Morgan fingerprint density at radius 2 is 1.88 bits per heavy atom. The first-order chi connectivity index (χ1) is 11.5. The Labute approximate surface area is 148 Å². The van der Waals surface area contributed by atoms with Gasteiger partial charge in [0.15, 0.2) is 0 Å². The molecule has 0 aromatic heterocycles. The second kappa shape index (κ2) is 7.27. The molecule has 3 nitrogen and oxygen atoms in total. The Kier molecular flexibility index (Phi) is 5.10. The Hall–Kier alpha value is -2.00. The number of amides is 2. The lowest BCUT2D eigenvalue weighted by atomic mass is 10.0. The molecule has 0 spiro atoms. The fourth-order valence-electron chi connectivity index (χ4n) is 2.93. The molecule has 24 heavy (non-hydrogen) atoms. The van der Waals surface area contributed by atoms with Crippen LogP contribution >= 0.6 is 11.6 Å². The van der Waals surface area contributed by atoms with Crippen LogP contribution in [0.25, 0.3) is 0 Å². The molecule has 1 aliphatic rings.